The van der Waals surface area contributed by atoms with Gasteiger partial charge in [0.05, 0.1) is 25.4 Å². The summed E-state index contributed by atoms with van der Waals surface area (Å²) in [6.45, 7) is 5.01. The smallest absolute Gasteiger partial charge is 0.305 e. The second-order valence-electron chi connectivity index (χ2n) is 28.5. The molecular weight excluding hydrogens is 1080 g/mol. The molecule has 0 saturated carbocycles. The number of hydrogen-bond donors (Lipinski definition) is 3. The van der Waals surface area contributed by atoms with E-state index in [-0.39, 0.29) is 18.5 Å². The van der Waals surface area contributed by atoms with Gasteiger partial charge in [0.15, 0.2) is 0 Å². The van der Waals surface area contributed by atoms with Crippen molar-refractivity contribution in [3.8, 4) is 0 Å². The van der Waals surface area contributed by atoms with Gasteiger partial charge in [-0.15, -0.1) is 0 Å². The summed E-state index contributed by atoms with van der Waals surface area (Å²) < 4.78 is 5.51. The van der Waals surface area contributed by atoms with Crippen LogP contribution in [0.2, 0.25) is 0 Å². The first-order valence-electron chi connectivity index (χ1n) is 40.9. The van der Waals surface area contributed by atoms with E-state index in [0.717, 1.165) is 44.9 Å². The van der Waals surface area contributed by atoms with E-state index in [2.05, 4.69) is 31.3 Å². The minimum Gasteiger partial charge on any atom is -0.466 e. The second kappa shape index (κ2) is 78.0. The largest absolute Gasteiger partial charge is 0.466 e. The quantitative estimate of drug-likeness (QED) is 0.0320. The van der Waals surface area contributed by atoms with Crippen molar-refractivity contribution in [1.82, 2.24) is 5.32 Å². The number of carbonyl (C=O) groups excluding carboxylic acids is 2. The van der Waals surface area contributed by atoms with Crippen molar-refractivity contribution in [2.75, 3.05) is 13.2 Å². The maximum atomic E-state index is 12.6. The van der Waals surface area contributed by atoms with Crippen LogP contribution in [0, 0.1) is 0 Å². The van der Waals surface area contributed by atoms with E-state index in [4.69, 9.17) is 4.74 Å². The fourth-order valence-corrected chi connectivity index (χ4v) is 13.3. The zero-order chi connectivity index (χ0) is 63.5. The van der Waals surface area contributed by atoms with Crippen molar-refractivity contribution in [3.63, 3.8) is 0 Å². The zero-order valence-electron chi connectivity index (χ0n) is 60.3. The number of aliphatic hydroxyl groups is 2. The molecule has 0 aromatic carbocycles. The third-order valence-electron chi connectivity index (χ3n) is 19.6. The molecular formula is C82H161NO5. The maximum absolute atomic E-state index is 12.6. The van der Waals surface area contributed by atoms with Gasteiger partial charge in [-0.25, -0.2) is 0 Å². The van der Waals surface area contributed by atoms with Crippen LogP contribution in [0.3, 0.4) is 0 Å². The highest BCUT2D eigenvalue weighted by Crippen LogP contribution is 2.21. The maximum Gasteiger partial charge on any atom is 0.305 e. The molecule has 0 aromatic heterocycles. The number of amides is 1. The number of carbonyl (C=O) groups is 2. The highest BCUT2D eigenvalue weighted by molar-refractivity contribution is 5.76. The van der Waals surface area contributed by atoms with Crippen molar-refractivity contribution in [1.29, 1.82) is 0 Å². The number of hydrogen-bond acceptors (Lipinski definition) is 5. The molecule has 524 valence electrons. The summed E-state index contributed by atoms with van der Waals surface area (Å²) >= 11 is 0. The van der Waals surface area contributed by atoms with E-state index in [1.807, 2.05) is 0 Å². The standard InChI is InChI=1S/C82H161NO5/c1-3-5-7-9-11-13-15-17-19-21-22-23-33-36-39-43-46-50-54-58-62-66-70-74-80(85)79(78-84)83-81(86)75-71-67-63-59-55-51-47-44-40-37-34-31-29-27-25-24-26-28-30-32-35-38-41-45-49-53-57-61-65-69-73-77-88-82(87)76-72-68-64-60-56-52-48-42-20-18-16-14-12-10-8-6-4-2/h18,20,79-80,84-85H,3-17,19,21-78H2,1-2H3,(H,83,86)/b20-18-. The van der Waals surface area contributed by atoms with Crippen LogP contribution in [0.25, 0.3) is 0 Å². The SMILES string of the molecule is CCCCCCCC/C=C\CCCCCCCCCC(=O)OCCCCCCCCCCCCCCCCCCCCCCCCCCCCCCCCCC(=O)NC(CO)C(O)CCCCCCCCCCCCCCCCCCCCCCCCC. The fraction of sp³-hybridized carbons (Fsp3) is 0.951. The van der Waals surface area contributed by atoms with Gasteiger partial charge in [-0.05, 0) is 51.4 Å². The molecule has 0 fully saturated rings. The molecule has 0 spiro atoms. The summed E-state index contributed by atoms with van der Waals surface area (Å²) in [5, 5.41) is 23.5. The number of rotatable bonds is 78. The van der Waals surface area contributed by atoms with Crippen LogP contribution in [0.5, 0.6) is 0 Å². The van der Waals surface area contributed by atoms with Crippen LogP contribution in [-0.4, -0.2) is 47.4 Å². The lowest BCUT2D eigenvalue weighted by Crippen LogP contribution is -2.45. The number of allylic oxidation sites excluding steroid dienone is 2. The molecule has 0 heterocycles. The molecule has 0 rings (SSSR count). The summed E-state index contributed by atoms with van der Waals surface area (Å²) in [5.41, 5.74) is 0. The predicted molar refractivity (Wildman–Crippen MR) is 389 cm³/mol. The average Bonchev–Trinajstić information content (AvgIpc) is 3.58. The summed E-state index contributed by atoms with van der Waals surface area (Å²) in [6, 6.07) is -0.539. The second-order valence-corrected chi connectivity index (χ2v) is 28.5. The molecule has 0 bridgehead atoms. The summed E-state index contributed by atoms with van der Waals surface area (Å²) in [7, 11) is 0. The van der Waals surface area contributed by atoms with E-state index >= 15 is 0 Å². The molecule has 0 aromatic rings. The molecule has 0 radical (unpaired) electrons. The van der Waals surface area contributed by atoms with Gasteiger partial charge in [-0.1, -0.05) is 424 Å². The highest BCUT2D eigenvalue weighted by Gasteiger charge is 2.20. The van der Waals surface area contributed by atoms with Crippen LogP contribution in [0.15, 0.2) is 12.2 Å². The molecule has 88 heavy (non-hydrogen) atoms. The number of nitrogens with one attached hydrogen (secondary N) is 1. The minimum absolute atomic E-state index is 0.0188. The van der Waals surface area contributed by atoms with Crippen molar-refractivity contribution in [3.05, 3.63) is 12.2 Å². The summed E-state index contributed by atoms with van der Waals surface area (Å²) in [6.07, 6.45) is 98.8. The first-order chi connectivity index (χ1) is 43.5. The summed E-state index contributed by atoms with van der Waals surface area (Å²) in [5.74, 6) is -0.00575. The van der Waals surface area contributed by atoms with Crippen LogP contribution < -0.4 is 5.32 Å². The van der Waals surface area contributed by atoms with Crippen molar-refractivity contribution < 1.29 is 24.5 Å². The number of unbranched alkanes of at least 4 members (excludes halogenated alkanes) is 65. The Hall–Kier alpha value is -1.40. The number of aliphatic hydroxyl groups excluding tert-OH is 2. The van der Waals surface area contributed by atoms with E-state index in [9.17, 15) is 19.8 Å². The van der Waals surface area contributed by atoms with Gasteiger partial charge in [-0.2, -0.15) is 0 Å². The molecule has 2 atom stereocenters. The predicted octanol–water partition coefficient (Wildman–Crippen LogP) is 27.1. The summed E-state index contributed by atoms with van der Waals surface area (Å²) in [4.78, 5) is 24.7. The Morgan fingerprint density at radius 3 is 0.807 bits per heavy atom. The number of esters is 1. The lowest BCUT2D eigenvalue weighted by Gasteiger charge is -2.22. The van der Waals surface area contributed by atoms with Crippen LogP contribution >= 0.6 is 0 Å². The molecule has 0 aliphatic rings. The van der Waals surface area contributed by atoms with E-state index < -0.39 is 12.1 Å². The molecule has 2 unspecified atom stereocenters. The fourth-order valence-electron chi connectivity index (χ4n) is 13.3. The average molecular weight is 1240 g/mol. The van der Waals surface area contributed by atoms with Gasteiger partial charge >= 0.3 is 5.97 Å². The molecule has 6 nitrogen and oxygen atoms in total. The van der Waals surface area contributed by atoms with Crippen LogP contribution in [0.4, 0.5) is 0 Å². The molecule has 6 heteroatoms. The Labute approximate surface area is 552 Å². The van der Waals surface area contributed by atoms with Crippen molar-refractivity contribution in [2.24, 2.45) is 0 Å². The lowest BCUT2D eigenvalue weighted by molar-refractivity contribution is -0.143. The Morgan fingerprint density at radius 1 is 0.307 bits per heavy atom. The van der Waals surface area contributed by atoms with Crippen molar-refractivity contribution in [2.45, 2.75) is 488 Å². The first-order valence-corrected chi connectivity index (χ1v) is 40.9. The molecule has 0 aliphatic carbocycles. The van der Waals surface area contributed by atoms with Gasteiger partial charge < -0.3 is 20.3 Å². The van der Waals surface area contributed by atoms with Crippen LogP contribution in [0.1, 0.15) is 476 Å². The van der Waals surface area contributed by atoms with Gasteiger partial charge in [-0.3, -0.25) is 9.59 Å². The van der Waals surface area contributed by atoms with Crippen molar-refractivity contribution >= 4 is 11.9 Å². The third-order valence-corrected chi connectivity index (χ3v) is 19.6. The molecule has 1 amide bonds. The monoisotopic (exact) mass is 1240 g/mol. The Balaban J connectivity index is 3.32. The number of ether oxygens (including phenoxy) is 1. The van der Waals surface area contributed by atoms with Gasteiger partial charge in [0.1, 0.15) is 0 Å². The van der Waals surface area contributed by atoms with Gasteiger partial charge in [0.2, 0.25) is 5.91 Å². The molecule has 0 aliphatic heterocycles. The van der Waals surface area contributed by atoms with Crippen LogP contribution in [-0.2, 0) is 14.3 Å². The van der Waals surface area contributed by atoms with Gasteiger partial charge in [0.25, 0.3) is 0 Å². The van der Waals surface area contributed by atoms with Gasteiger partial charge in [0, 0.05) is 12.8 Å². The zero-order valence-corrected chi connectivity index (χ0v) is 60.3. The topological polar surface area (TPSA) is 95.9 Å². The Morgan fingerprint density at radius 2 is 0.534 bits per heavy atom. The van der Waals surface area contributed by atoms with E-state index in [0.29, 0.717) is 25.9 Å². The normalized spacial score (nSPS) is 12.5. The Kier molecular flexibility index (Phi) is 76.8. The third kappa shape index (κ3) is 73.6. The Bertz CT molecular complexity index is 1340. The molecule has 0 saturated heterocycles. The first kappa shape index (κ1) is 86.6. The van der Waals surface area contributed by atoms with E-state index in [1.165, 1.54) is 398 Å². The minimum atomic E-state index is -0.662. The molecule has 3 N–H and O–H groups in total. The van der Waals surface area contributed by atoms with E-state index in [1.54, 1.807) is 0 Å². The highest BCUT2D eigenvalue weighted by atomic mass is 16.5. The lowest BCUT2D eigenvalue weighted by atomic mass is 10.0.